The van der Waals surface area contributed by atoms with Crippen LogP contribution in [-0.4, -0.2) is 79.7 Å². The van der Waals surface area contributed by atoms with Crippen LogP contribution in [0.4, 0.5) is 5.95 Å². The van der Waals surface area contributed by atoms with Crippen LogP contribution in [0.5, 0.6) is 0 Å². The molecule has 4 rings (SSSR count). The van der Waals surface area contributed by atoms with E-state index in [4.69, 9.17) is 5.73 Å². The first kappa shape index (κ1) is 43.7. The predicted molar refractivity (Wildman–Crippen MR) is 216 cm³/mol. The first-order chi connectivity index (χ1) is 27.4. The molecule has 2 aromatic heterocycles. The number of anilines is 1. The number of H-pyrrole nitrogens is 1. The second kappa shape index (κ2) is 21.9. The molecule has 306 valence electrons. The maximum Gasteiger partial charge on any atom is 0.303 e. The van der Waals surface area contributed by atoms with Crippen LogP contribution in [0.3, 0.4) is 0 Å². The van der Waals surface area contributed by atoms with Gasteiger partial charge in [0, 0.05) is 37.1 Å². The number of nitrogens with one attached hydrogen (secondary N) is 6. The molecule has 9 N–H and O–H groups in total. The highest BCUT2D eigenvalue weighted by molar-refractivity contribution is 5.96. The summed E-state index contributed by atoms with van der Waals surface area (Å²) in [6.07, 6.45) is 18.3. The van der Waals surface area contributed by atoms with Crippen molar-refractivity contribution in [1.29, 1.82) is 0 Å². The molecule has 16 nitrogen and oxygen atoms in total. The molecule has 2 heterocycles. The third-order valence-electron chi connectivity index (χ3n) is 10.1. The standard InChI is InChI=1S/C41H55N9O7/c1-3-30-31(4-2)49-40(48-30)45-29-19-17-28(18-20-29)36(54)46-32(13-6-9-25-44-34(51)21-16-27-12-11-24-43-26-27)37(55)47-33(14-10-15-35(52)53)38(56)50-41(39(42)57)22-7-5-8-23-41/h3,11-12,16-17,19-21,24,26,28,32-33H,1,4-10,13-15,18,22-23,25H2,2H3,(H2,42,57)(H,44,51)(H,46,54)(H,47,55)(H,50,56)(H,52,53)(H2,45,48,49)/b21-16+/t28?,32-,33-/m1/s1. The molecule has 3 atom stereocenters. The highest BCUT2D eigenvalue weighted by atomic mass is 16.4. The Bertz CT molecular complexity index is 1830. The number of carbonyl (C=O) groups excluding carboxylic acids is 5. The topological polar surface area (TPSA) is 250 Å². The van der Waals surface area contributed by atoms with Gasteiger partial charge in [0.2, 0.25) is 35.5 Å². The van der Waals surface area contributed by atoms with Gasteiger partial charge in [-0.25, -0.2) is 4.98 Å². The molecule has 0 aromatic carbocycles. The predicted octanol–water partition coefficient (Wildman–Crippen LogP) is 3.41. The largest absolute Gasteiger partial charge is 0.481 e. The van der Waals surface area contributed by atoms with Gasteiger partial charge in [-0.15, -0.1) is 0 Å². The molecular formula is C41H55N9O7. The van der Waals surface area contributed by atoms with Crippen LogP contribution in [0.15, 0.2) is 61.1 Å². The zero-order valence-corrected chi connectivity index (χ0v) is 32.5. The number of aliphatic carboxylic acids is 1. The van der Waals surface area contributed by atoms with Gasteiger partial charge in [-0.1, -0.05) is 51.0 Å². The van der Waals surface area contributed by atoms with E-state index in [1.165, 1.54) is 6.08 Å². The number of rotatable bonds is 22. The van der Waals surface area contributed by atoms with Crippen molar-refractivity contribution in [3.63, 3.8) is 0 Å². The molecule has 0 aliphatic heterocycles. The molecular weight excluding hydrogens is 731 g/mol. The number of amides is 5. The van der Waals surface area contributed by atoms with E-state index in [9.17, 15) is 33.9 Å². The lowest BCUT2D eigenvalue weighted by atomic mass is 9.80. The van der Waals surface area contributed by atoms with Crippen LogP contribution in [-0.2, 0) is 35.2 Å². The van der Waals surface area contributed by atoms with Crippen LogP contribution in [0, 0.1) is 5.92 Å². The molecule has 57 heavy (non-hydrogen) atoms. The summed E-state index contributed by atoms with van der Waals surface area (Å²) in [4.78, 5) is 89.2. The Labute approximate surface area is 332 Å². The second-order valence-electron chi connectivity index (χ2n) is 14.3. The van der Waals surface area contributed by atoms with Crippen LogP contribution in [0.2, 0.25) is 0 Å². The van der Waals surface area contributed by atoms with E-state index in [-0.39, 0.29) is 31.6 Å². The second-order valence-corrected chi connectivity index (χ2v) is 14.3. The summed E-state index contributed by atoms with van der Waals surface area (Å²) in [5.41, 5.74) is 7.69. The number of hydrogen-bond acceptors (Lipinski definition) is 9. The Morgan fingerprint density at radius 1 is 1.05 bits per heavy atom. The first-order valence-electron chi connectivity index (χ1n) is 19.6. The summed E-state index contributed by atoms with van der Waals surface area (Å²) in [5, 5.41) is 23.7. The van der Waals surface area contributed by atoms with Crippen molar-refractivity contribution >= 4 is 53.6 Å². The van der Waals surface area contributed by atoms with Gasteiger partial charge in [-0.2, -0.15) is 0 Å². The maximum absolute atomic E-state index is 14.0. The molecule has 2 aliphatic carbocycles. The number of nitrogens with two attached hydrogens (primary N) is 1. The fourth-order valence-electron chi connectivity index (χ4n) is 6.81. The molecule has 1 fully saturated rings. The highest BCUT2D eigenvalue weighted by Crippen LogP contribution is 2.28. The Kier molecular flexibility index (Phi) is 16.8. The summed E-state index contributed by atoms with van der Waals surface area (Å²) in [6, 6.07) is 1.32. The van der Waals surface area contributed by atoms with Crippen LogP contribution in [0.1, 0.15) is 101 Å². The van der Waals surface area contributed by atoms with Gasteiger partial charge < -0.3 is 42.4 Å². The minimum absolute atomic E-state index is 0.0202. The van der Waals surface area contributed by atoms with Crippen molar-refractivity contribution in [1.82, 2.24) is 36.2 Å². The lowest BCUT2D eigenvalue weighted by Gasteiger charge is -2.36. The number of aromatic nitrogens is 3. The normalized spacial score (nSPS) is 17.1. The molecule has 0 saturated heterocycles. The van der Waals surface area contributed by atoms with Crippen molar-refractivity contribution in [3.05, 3.63) is 78.1 Å². The van der Waals surface area contributed by atoms with Crippen molar-refractivity contribution in [2.75, 3.05) is 11.9 Å². The van der Waals surface area contributed by atoms with E-state index in [1.54, 1.807) is 42.8 Å². The number of nitrogens with zero attached hydrogens (tertiary/aromatic N) is 2. The van der Waals surface area contributed by atoms with Crippen LogP contribution < -0.4 is 32.3 Å². The zero-order valence-electron chi connectivity index (χ0n) is 32.5. The van der Waals surface area contributed by atoms with Crippen molar-refractivity contribution < 1.29 is 33.9 Å². The van der Waals surface area contributed by atoms with E-state index in [0.29, 0.717) is 57.4 Å². The van der Waals surface area contributed by atoms with Crippen molar-refractivity contribution in [2.45, 2.75) is 108 Å². The summed E-state index contributed by atoms with van der Waals surface area (Å²) in [5.74, 6) is -3.77. The SMILES string of the molecule is C=Cc1[nH]c(NC2=CCC(C(=O)N[C@H](CCCCNC(=O)/C=C/c3cccnc3)C(=O)N[C@H](CCCC(=O)O)C(=O)NC3(C(N)=O)CCCCC3)C=C2)nc1CC. The van der Waals surface area contributed by atoms with Gasteiger partial charge in [-0.05, 0) is 87.6 Å². The number of imidazole rings is 1. The maximum atomic E-state index is 14.0. The fourth-order valence-corrected chi connectivity index (χ4v) is 6.81. The monoisotopic (exact) mass is 785 g/mol. The Balaban J connectivity index is 1.43. The molecule has 1 unspecified atom stereocenters. The van der Waals surface area contributed by atoms with E-state index < -0.39 is 53.1 Å². The molecule has 5 amide bonds. The smallest absolute Gasteiger partial charge is 0.303 e. The van der Waals surface area contributed by atoms with Gasteiger partial charge in [0.1, 0.15) is 17.6 Å². The lowest BCUT2D eigenvalue weighted by molar-refractivity contribution is -0.138. The van der Waals surface area contributed by atoms with Gasteiger partial charge in [0.05, 0.1) is 17.3 Å². The minimum Gasteiger partial charge on any atom is -0.481 e. The molecule has 2 aromatic rings. The molecule has 2 aliphatic rings. The van der Waals surface area contributed by atoms with Crippen molar-refractivity contribution in [2.24, 2.45) is 11.7 Å². The number of pyridine rings is 1. The quantitative estimate of drug-likeness (QED) is 0.0638. The molecule has 0 radical (unpaired) electrons. The number of carboxylic acid groups (broad SMARTS) is 1. The Morgan fingerprint density at radius 2 is 1.81 bits per heavy atom. The summed E-state index contributed by atoms with van der Waals surface area (Å²) >= 11 is 0. The van der Waals surface area contributed by atoms with E-state index in [1.807, 2.05) is 19.1 Å². The molecule has 16 heteroatoms. The third-order valence-corrected chi connectivity index (χ3v) is 10.1. The van der Waals surface area contributed by atoms with Crippen LogP contribution in [0.25, 0.3) is 12.2 Å². The number of carboxylic acids is 1. The average molecular weight is 786 g/mol. The number of aromatic amines is 1. The van der Waals surface area contributed by atoms with E-state index in [0.717, 1.165) is 35.5 Å². The van der Waals surface area contributed by atoms with Crippen molar-refractivity contribution in [3.8, 4) is 0 Å². The van der Waals surface area contributed by atoms with Gasteiger partial charge in [0.25, 0.3) is 0 Å². The number of aryl methyl sites for hydroxylation is 1. The first-order valence-corrected chi connectivity index (χ1v) is 19.6. The summed E-state index contributed by atoms with van der Waals surface area (Å²) in [7, 11) is 0. The number of allylic oxidation sites excluding steroid dienone is 2. The fraction of sp³-hybridized carbons (Fsp3) is 0.463. The van der Waals surface area contributed by atoms with E-state index in [2.05, 4.69) is 48.1 Å². The van der Waals surface area contributed by atoms with Gasteiger partial charge in [0.15, 0.2) is 0 Å². The molecule has 0 bridgehead atoms. The lowest BCUT2D eigenvalue weighted by Crippen LogP contribution is -2.63. The van der Waals surface area contributed by atoms with E-state index >= 15 is 0 Å². The Morgan fingerprint density at radius 3 is 2.44 bits per heavy atom. The molecule has 1 saturated carbocycles. The Hall–Kier alpha value is -6.06. The highest BCUT2D eigenvalue weighted by Gasteiger charge is 2.41. The average Bonchev–Trinajstić information content (AvgIpc) is 3.61. The third kappa shape index (κ3) is 13.6. The number of primary amides is 1. The number of hydrogen-bond donors (Lipinski definition) is 8. The van der Waals surface area contributed by atoms with Gasteiger partial charge >= 0.3 is 5.97 Å². The number of carbonyl (C=O) groups is 6. The van der Waals surface area contributed by atoms with Crippen LogP contribution >= 0.6 is 0 Å². The summed E-state index contributed by atoms with van der Waals surface area (Å²) < 4.78 is 0. The zero-order chi connectivity index (χ0) is 41.2. The van der Waals surface area contributed by atoms with Gasteiger partial charge in [-0.3, -0.25) is 33.8 Å². The minimum atomic E-state index is -1.27. The number of unbranched alkanes of at least 4 members (excludes halogenated alkanes) is 1. The summed E-state index contributed by atoms with van der Waals surface area (Å²) in [6.45, 7) is 6.12. The molecule has 0 spiro atoms.